The van der Waals surface area contributed by atoms with Crippen molar-refractivity contribution < 1.29 is 14.3 Å². The lowest BCUT2D eigenvalue weighted by Gasteiger charge is -2.23. The Kier molecular flexibility index (Phi) is 5.74. The first-order valence-corrected chi connectivity index (χ1v) is 8.83. The minimum absolute atomic E-state index is 0.170. The average Bonchev–Trinajstić information content (AvgIpc) is 2.40. The van der Waals surface area contributed by atoms with E-state index in [1.54, 1.807) is 17.8 Å². The highest BCUT2D eigenvalue weighted by Gasteiger charge is 2.20. The van der Waals surface area contributed by atoms with E-state index in [1.807, 2.05) is 32.9 Å². The first-order valence-electron chi connectivity index (χ1n) is 7.16. The molecular weight excluding hydrogens is 352 g/mol. The van der Waals surface area contributed by atoms with E-state index in [1.165, 1.54) is 6.42 Å². The molecule has 1 aromatic carbocycles. The third kappa shape index (κ3) is 5.31. The highest BCUT2D eigenvalue weighted by atomic mass is 79.9. The van der Waals surface area contributed by atoms with Crippen molar-refractivity contribution in [1.82, 2.24) is 0 Å². The van der Waals surface area contributed by atoms with Crippen LogP contribution in [0.5, 0.6) is 0 Å². The molecule has 0 bridgehead atoms. The topological polar surface area (TPSA) is 35.5 Å². The number of carbonyl (C=O) groups is 1. The molecule has 0 aromatic heterocycles. The molecule has 116 valence electrons. The van der Waals surface area contributed by atoms with E-state index in [0.717, 1.165) is 28.8 Å². The van der Waals surface area contributed by atoms with E-state index >= 15 is 0 Å². The zero-order valence-electron chi connectivity index (χ0n) is 12.6. The number of carbonyl (C=O) groups excluding carboxylic acids is 1. The summed E-state index contributed by atoms with van der Waals surface area (Å²) < 4.78 is 12.1. The van der Waals surface area contributed by atoms with Gasteiger partial charge in [0.25, 0.3) is 0 Å². The van der Waals surface area contributed by atoms with E-state index in [-0.39, 0.29) is 11.4 Å². The van der Waals surface area contributed by atoms with Crippen LogP contribution in [0.2, 0.25) is 0 Å². The number of hydrogen-bond donors (Lipinski definition) is 0. The van der Waals surface area contributed by atoms with Crippen molar-refractivity contribution >= 4 is 33.7 Å². The third-order valence-electron chi connectivity index (χ3n) is 2.96. The molecule has 1 fully saturated rings. The number of rotatable bonds is 3. The summed E-state index contributed by atoms with van der Waals surface area (Å²) >= 11 is 5.20. The van der Waals surface area contributed by atoms with Crippen molar-refractivity contribution in [2.24, 2.45) is 0 Å². The lowest BCUT2D eigenvalue weighted by molar-refractivity contribution is 0.00691. The predicted octanol–water partition coefficient (Wildman–Crippen LogP) is 5.02. The lowest BCUT2D eigenvalue weighted by atomic mass is 10.2. The van der Waals surface area contributed by atoms with Gasteiger partial charge in [-0.15, -0.1) is 0 Å². The van der Waals surface area contributed by atoms with Gasteiger partial charge in [-0.2, -0.15) is 0 Å². The zero-order chi connectivity index (χ0) is 15.5. The lowest BCUT2D eigenvalue weighted by Crippen LogP contribution is -2.23. The maximum absolute atomic E-state index is 12.1. The van der Waals surface area contributed by atoms with Gasteiger partial charge >= 0.3 is 5.97 Å². The second kappa shape index (κ2) is 7.16. The zero-order valence-corrected chi connectivity index (χ0v) is 15.1. The predicted molar refractivity (Wildman–Crippen MR) is 88.8 cm³/mol. The molecule has 0 spiro atoms. The third-order valence-corrected chi connectivity index (χ3v) is 5.14. The molecule has 1 atom stereocenters. The van der Waals surface area contributed by atoms with E-state index in [2.05, 4.69) is 15.9 Å². The summed E-state index contributed by atoms with van der Waals surface area (Å²) in [6.45, 7) is 6.43. The molecule has 0 N–H and O–H groups in total. The van der Waals surface area contributed by atoms with Crippen molar-refractivity contribution in [3.05, 3.63) is 28.2 Å². The van der Waals surface area contributed by atoms with Crippen LogP contribution >= 0.6 is 27.7 Å². The normalized spacial score (nSPS) is 19.3. The van der Waals surface area contributed by atoms with Gasteiger partial charge < -0.3 is 9.47 Å². The van der Waals surface area contributed by atoms with Crippen molar-refractivity contribution in [2.45, 2.75) is 56.0 Å². The minimum atomic E-state index is -0.482. The number of hydrogen-bond acceptors (Lipinski definition) is 4. The van der Waals surface area contributed by atoms with Crippen molar-refractivity contribution in [3.63, 3.8) is 0 Å². The van der Waals surface area contributed by atoms with Crippen molar-refractivity contribution in [3.8, 4) is 0 Å². The second-order valence-corrected chi connectivity index (χ2v) is 8.12. The van der Waals surface area contributed by atoms with Crippen LogP contribution in [0.4, 0.5) is 0 Å². The summed E-state index contributed by atoms with van der Waals surface area (Å²) in [6.07, 6.45) is 3.38. The van der Waals surface area contributed by atoms with Gasteiger partial charge in [0.05, 0.1) is 5.56 Å². The SMILES string of the molecule is CC(C)(C)OC(=O)c1ccc(Br)c(SC2CCCCO2)c1. The van der Waals surface area contributed by atoms with Crippen molar-refractivity contribution in [2.75, 3.05) is 6.61 Å². The van der Waals surface area contributed by atoms with Gasteiger partial charge in [0.15, 0.2) is 0 Å². The molecule has 5 heteroatoms. The highest BCUT2D eigenvalue weighted by Crippen LogP contribution is 2.35. The second-order valence-electron chi connectivity index (χ2n) is 6.06. The maximum Gasteiger partial charge on any atom is 0.338 e. The highest BCUT2D eigenvalue weighted by molar-refractivity contribution is 9.10. The van der Waals surface area contributed by atoms with Gasteiger partial charge in [-0.25, -0.2) is 4.79 Å². The molecule has 1 unspecified atom stereocenters. The number of esters is 1. The molecule has 21 heavy (non-hydrogen) atoms. The molecule has 1 aromatic rings. The van der Waals surface area contributed by atoms with Crippen LogP contribution in [0.15, 0.2) is 27.6 Å². The molecule has 3 nitrogen and oxygen atoms in total. The number of ether oxygens (including phenoxy) is 2. The van der Waals surface area contributed by atoms with Gasteiger partial charge in [-0.3, -0.25) is 0 Å². The molecule has 1 aliphatic rings. The monoisotopic (exact) mass is 372 g/mol. The molecule has 0 aliphatic carbocycles. The molecule has 2 rings (SSSR count). The van der Waals surface area contributed by atoms with Gasteiger partial charge in [-0.05, 0) is 74.2 Å². The summed E-state index contributed by atoms with van der Waals surface area (Å²) in [6, 6.07) is 5.55. The molecule has 0 saturated carbocycles. The summed E-state index contributed by atoms with van der Waals surface area (Å²) in [7, 11) is 0. The van der Waals surface area contributed by atoms with Crippen LogP contribution in [0.25, 0.3) is 0 Å². The largest absolute Gasteiger partial charge is 0.456 e. The van der Waals surface area contributed by atoms with E-state index in [9.17, 15) is 4.79 Å². The van der Waals surface area contributed by atoms with Gasteiger partial charge in [0, 0.05) is 16.0 Å². The standard InChI is InChI=1S/C16H21BrO3S/c1-16(2,3)20-15(18)11-7-8-12(17)13(10-11)21-14-6-4-5-9-19-14/h7-8,10,14H,4-6,9H2,1-3H3. The molecule has 1 aliphatic heterocycles. The van der Waals surface area contributed by atoms with Gasteiger partial charge in [-0.1, -0.05) is 11.8 Å². The first kappa shape index (κ1) is 16.8. The Hall–Kier alpha value is -0.520. The van der Waals surface area contributed by atoms with E-state index < -0.39 is 5.60 Å². The van der Waals surface area contributed by atoms with Crippen LogP contribution < -0.4 is 0 Å². The molecule has 1 saturated heterocycles. The average molecular weight is 373 g/mol. The minimum Gasteiger partial charge on any atom is -0.456 e. The van der Waals surface area contributed by atoms with Crippen LogP contribution in [0.3, 0.4) is 0 Å². The number of benzene rings is 1. The smallest absolute Gasteiger partial charge is 0.338 e. The first-order chi connectivity index (χ1) is 9.85. The Morgan fingerprint density at radius 2 is 2.14 bits per heavy atom. The number of halogens is 1. The Balaban J connectivity index is 2.11. The molecule has 0 amide bonds. The van der Waals surface area contributed by atoms with Crippen molar-refractivity contribution in [1.29, 1.82) is 0 Å². The molecular formula is C16H21BrO3S. The fourth-order valence-corrected chi connectivity index (χ4v) is 3.64. The summed E-state index contributed by atoms with van der Waals surface area (Å²) in [4.78, 5) is 13.2. The van der Waals surface area contributed by atoms with Crippen LogP contribution in [0.1, 0.15) is 50.4 Å². The molecule has 1 heterocycles. The Morgan fingerprint density at radius 1 is 1.38 bits per heavy atom. The van der Waals surface area contributed by atoms with Crippen LogP contribution in [-0.4, -0.2) is 23.6 Å². The van der Waals surface area contributed by atoms with E-state index in [0.29, 0.717) is 5.56 Å². The molecule has 0 radical (unpaired) electrons. The quantitative estimate of drug-likeness (QED) is 0.697. The summed E-state index contributed by atoms with van der Waals surface area (Å²) in [5.74, 6) is -0.290. The summed E-state index contributed by atoms with van der Waals surface area (Å²) in [5.41, 5.74) is 0.264. The van der Waals surface area contributed by atoms with Crippen LogP contribution in [-0.2, 0) is 9.47 Å². The maximum atomic E-state index is 12.1. The Bertz CT molecular complexity index is 505. The number of thioether (sulfide) groups is 1. The fraction of sp³-hybridized carbons (Fsp3) is 0.562. The van der Waals surface area contributed by atoms with Gasteiger partial charge in [0.1, 0.15) is 11.0 Å². The van der Waals surface area contributed by atoms with Crippen LogP contribution in [0, 0.1) is 0 Å². The van der Waals surface area contributed by atoms with E-state index in [4.69, 9.17) is 9.47 Å². The Labute approximate surface area is 138 Å². The Morgan fingerprint density at radius 3 is 2.76 bits per heavy atom. The van der Waals surface area contributed by atoms with Gasteiger partial charge in [0.2, 0.25) is 0 Å². The summed E-state index contributed by atoms with van der Waals surface area (Å²) in [5, 5.41) is 0. The fourth-order valence-electron chi connectivity index (χ4n) is 2.00.